The van der Waals surface area contributed by atoms with Crippen molar-refractivity contribution < 1.29 is 18.0 Å². The van der Waals surface area contributed by atoms with Crippen LogP contribution in [0.5, 0.6) is 0 Å². The maximum atomic E-state index is 12.1. The van der Waals surface area contributed by atoms with Crippen molar-refractivity contribution in [3.63, 3.8) is 0 Å². The monoisotopic (exact) mass is 196 g/mol. The van der Waals surface area contributed by atoms with Gasteiger partial charge in [0.1, 0.15) is 5.92 Å². The molecule has 3 N–H and O–H groups in total. The van der Waals surface area contributed by atoms with Gasteiger partial charge in [0.15, 0.2) is 0 Å². The van der Waals surface area contributed by atoms with Crippen LogP contribution in [0.15, 0.2) is 12.4 Å². The van der Waals surface area contributed by atoms with Gasteiger partial charge in [-0.3, -0.25) is 4.79 Å². The van der Waals surface area contributed by atoms with Gasteiger partial charge in [0.2, 0.25) is 5.91 Å². The van der Waals surface area contributed by atoms with E-state index in [2.05, 4.69) is 6.58 Å². The molecular formula is C7H11F3N2O. The zero-order valence-corrected chi connectivity index (χ0v) is 7.11. The Labute approximate surface area is 73.8 Å². The van der Waals surface area contributed by atoms with Crippen LogP contribution in [-0.2, 0) is 4.79 Å². The lowest BCUT2D eigenvalue weighted by Gasteiger charge is -2.17. The van der Waals surface area contributed by atoms with Gasteiger partial charge in [0, 0.05) is 0 Å². The average molecular weight is 196 g/mol. The van der Waals surface area contributed by atoms with E-state index in [-0.39, 0.29) is 12.2 Å². The number of alkyl halides is 3. The fourth-order valence-corrected chi connectivity index (χ4v) is 0.811. The van der Waals surface area contributed by atoms with E-state index >= 15 is 0 Å². The summed E-state index contributed by atoms with van der Waals surface area (Å²) in [7, 11) is 0. The number of hydrogen-bond donors (Lipinski definition) is 2. The molecule has 0 rings (SSSR count). The molecule has 0 aromatic carbocycles. The highest BCUT2D eigenvalue weighted by molar-refractivity contribution is 5.80. The summed E-state index contributed by atoms with van der Waals surface area (Å²) in [5, 5.41) is 1.82. The summed E-state index contributed by atoms with van der Waals surface area (Å²) in [4.78, 5) is 10.9. The maximum absolute atomic E-state index is 12.1. The number of nitrogens with one attached hydrogen (secondary N) is 1. The molecule has 0 fully saturated rings. The third kappa shape index (κ3) is 3.82. The Morgan fingerprint density at radius 1 is 1.62 bits per heavy atom. The van der Waals surface area contributed by atoms with Crippen LogP contribution in [0.3, 0.4) is 0 Å². The fraction of sp³-hybridized carbons (Fsp3) is 0.571. The first-order chi connectivity index (χ1) is 5.79. The van der Waals surface area contributed by atoms with Crippen molar-refractivity contribution >= 4 is 5.91 Å². The normalized spacial score (nSPS) is 13.5. The van der Waals surface area contributed by atoms with Crippen molar-refractivity contribution in [1.29, 1.82) is 0 Å². The summed E-state index contributed by atoms with van der Waals surface area (Å²) in [6.07, 6.45) is -4.85. The number of hydrogen-bond acceptors (Lipinski definition) is 2. The lowest BCUT2D eigenvalue weighted by molar-refractivity contribution is -0.182. The molecule has 76 valence electrons. The first kappa shape index (κ1) is 11.8. The minimum absolute atomic E-state index is 0.285. The van der Waals surface area contributed by atoms with E-state index in [0.717, 1.165) is 0 Å². The molecule has 0 spiro atoms. The van der Waals surface area contributed by atoms with Crippen LogP contribution in [0.25, 0.3) is 0 Å². The van der Waals surface area contributed by atoms with Crippen LogP contribution in [0.2, 0.25) is 0 Å². The minimum Gasteiger partial charge on any atom is -0.386 e. The molecule has 1 atom stereocenters. The van der Waals surface area contributed by atoms with E-state index < -0.39 is 18.0 Å². The van der Waals surface area contributed by atoms with Crippen molar-refractivity contribution in [2.75, 3.05) is 0 Å². The standard InChI is InChI=1S/C7H11F3N2O/c1-3-5(7(8,9)10)6(13)12-4(2)11/h5H,2-3,11H2,1H3,(H,12,13). The van der Waals surface area contributed by atoms with Crippen molar-refractivity contribution in [3.05, 3.63) is 12.4 Å². The third-order valence-electron chi connectivity index (χ3n) is 1.40. The highest BCUT2D eigenvalue weighted by Gasteiger charge is 2.43. The lowest BCUT2D eigenvalue weighted by atomic mass is 10.1. The number of carbonyl (C=O) groups excluding carboxylic acids is 1. The van der Waals surface area contributed by atoms with Gasteiger partial charge >= 0.3 is 6.18 Å². The highest BCUT2D eigenvalue weighted by Crippen LogP contribution is 2.28. The maximum Gasteiger partial charge on any atom is 0.400 e. The molecule has 0 aliphatic carbocycles. The van der Waals surface area contributed by atoms with Crippen LogP contribution >= 0.6 is 0 Å². The first-order valence-electron chi connectivity index (χ1n) is 3.61. The second-order valence-corrected chi connectivity index (χ2v) is 2.52. The van der Waals surface area contributed by atoms with Gasteiger partial charge in [0.25, 0.3) is 0 Å². The van der Waals surface area contributed by atoms with Crippen LogP contribution < -0.4 is 11.1 Å². The van der Waals surface area contributed by atoms with E-state index in [1.165, 1.54) is 6.92 Å². The van der Waals surface area contributed by atoms with Gasteiger partial charge < -0.3 is 11.1 Å². The Balaban J connectivity index is 4.42. The molecular weight excluding hydrogens is 185 g/mol. The predicted molar refractivity (Wildman–Crippen MR) is 41.3 cm³/mol. The summed E-state index contributed by atoms with van der Waals surface area (Å²) >= 11 is 0. The lowest BCUT2D eigenvalue weighted by Crippen LogP contribution is -2.39. The topological polar surface area (TPSA) is 55.1 Å². The van der Waals surface area contributed by atoms with Gasteiger partial charge in [0.05, 0.1) is 5.82 Å². The van der Waals surface area contributed by atoms with Crippen molar-refractivity contribution in [1.82, 2.24) is 5.32 Å². The van der Waals surface area contributed by atoms with Crippen LogP contribution in [0.1, 0.15) is 13.3 Å². The quantitative estimate of drug-likeness (QED) is 0.710. The molecule has 0 saturated carbocycles. The molecule has 6 heteroatoms. The van der Waals surface area contributed by atoms with Crippen molar-refractivity contribution in [2.24, 2.45) is 11.7 Å². The van der Waals surface area contributed by atoms with E-state index in [9.17, 15) is 18.0 Å². The van der Waals surface area contributed by atoms with Gasteiger partial charge in [-0.05, 0) is 6.42 Å². The molecule has 0 bridgehead atoms. The summed E-state index contributed by atoms with van der Waals surface area (Å²) in [6, 6.07) is 0. The molecule has 0 heterocycles. The Morgan fingerprint density at radius 3 is 2.31 bits per heavy atom. The van der Waals surface area contributed by atoms with Crippen LogP contribution in [0.4, 0.5) is 13.2 Å². The van der Waals surface area contributed by atoms with E-state index in [1.807, 2.05) is 5.32 Å². The van der Waals surface area contributed by atoms with Gasteiger partial charge in [-0.15, -0.1) is 0 Å². The molecule has 1 unspecified atom stereocenters. The summed E-state index contributed by atoms with van der Waals surface area (Å²) in [6.45, 7) is 4.35. The SMILES string of the molecule is C=C(N)NC(=O)C(CC)C(F)(F)F. The fourth-order valence-electron chi connectivity index (χ4n) is 0.811. The van der Waals surface area contributed by atoms with Crippen molar-refractivity contribution in [3.8, 4) is 0 Å². The molecule has 13 heavy (non-hydrogen) atoms. The molecule has 0 aromatic heterocycles. The minimum atomic E-state index is -4.53. The molecule has 0 aromatic rings. The van der Waals surface area contributed by atoms with E-state index in [0.29, 0.717) is 0 Å². The molecule has 0 saturated heterocycles. The Morgan fingerprint density at radius 2 is 2.08 bits per heavy atom. The summed E-state index contributed by atoms with van der Waals surface area (Å²) in [5.41, 5.74) is 4.94. The number of carbonyl (C=O) groups is 1. The Kier molecular flexibility index (Phi) is 3.77. The largest absolute Gasteiger partial charge is 0.400 e. The zero-order chi connectivity index (χ0) is 10.6. The van der Waals surface area contributed by atoms with Gasteiger partial charge in [-0.1, -0.05) is 13.5 Å². The predicted octanol–water partition coefficient (Wildman–Crippen LogP) is 1.12. The second-order valence-electron chi connectivity index (χ2n) is 2.52. The second kappa shape index (κ2) is 4.15. The Hall–Kier alpha value is -1.20. The molecule has 0 aliphatic heterocycles. The van der Waals surface area contributed by atoms with E-state index in [4.69, 9.17) is 5.73 Å². The first-order valence-corrected chi connectivity index (χ1v) is 3.61. The number of nitrogens with two attached hydrogens (primary N) is 1. The summed E-state index contributed by atoms with van der Waals surface area (Å²) in [5.74, 6) is -3.47. The van der Waals surface area contributed by atoms with Gasteiger partial charge in [-0.25, -0.2) is 0 Å². The van der Waals surface area contributed by atoms with Gasteiger partial charge in [-0.2, -0.15) is 13.2 Å². The smallest absolute Gasteiger partial charge is 0.386 e. The summed E-state index contributed by atoms with van der Waals surface area (Å²) < 4.78 is 36.3. The van der Waals surface area contributed by atoms with Crippen molar-refractivity contribution in [2.45, 2.75) is 19.5 Å². The molecule has 1 amide bonds. The zero-order valence-electron chi connectivity index (χ0n) is 7.11. The number of amides is 1. The number of halogens is 3. The Bertz CT molecular complexity index is 212. The average Bonchev–Trinajstić information content (AvgIpc) is 1.82. The van der Waals surface area contributed by atoms with Crippen LogP contribution in [0, 0.1) is 5.92 Å². The van der Waals surface area contributed by atoms with Crippen LogP contribution in [-0.4, -0.2) is 12.1 Å². The highest BCUT2D eigenvalue weighted by atomic mass is 19.4. The molecule has 0 aliphatic rings. The number of rotatable bonds is 3. The third-order valence-corrected chi connectivity index (χ3v) is 1.40. The molecule has 0 radical (unpaired) electrons. The molecule has 3 nitrogen and oxygen atoms in total. The van der Waals surface area contributed by atoms with E-state index in [1.54, 1.807) is 0 Å².